The zero-order valence-electron chi connectivity index (χ0n) is 16.7. The van der Waals surface area contributed by atoms with E-state index in [0.29, 0.717) is 35.4 Å². The van der Waals surface area contributed by atoms with Crippen molar-refractivity contribution in [3.63, 3.8) is 0 Å². The molecule has 1 atom stereocenters. The molecule has 2 aromatic heterocycles. The van der Waals surface area contributed by atoms with Gasteiger partial charge in [-0.05, 0) is 23.8 Å². The van der Waals surface area contributed by atoms with Gasteiger partial charge in [-0.15, -0.1) is 11.3 Å². The van der Waals surface area contributed by atoms with Crippen LogP contribution >= 0.6 is 22.9 Å². The van der Waals surface area contributed by atoms with Crippen molar-refractivity contribution in [2.45, 2.75) is 12.6 Å². The van der Waals surface area contributed by atoms with Gasteiger partial charge in [-0.1, -0.05) is 17.7 Å². The van der Waals surface area contributed by atoms with Gasteiger partial charge in [-0.2, -0.15) is 0 Å². The Kier molecular flexibility index (Phi) is 6.21. The first kappa shape index (κ1) is 21.3. The third kappa shape index (κ3) is 4.71. The van der Waals surface area contributed by atoms with Crippen LogP contribution in [0.4, 0.5) is 15.6 Å². The van der Waals surface area contributed by atoms with E-state index in [-0.39, 0.29) is 18.5 Å². The van der Waals surface area contributed by atoms with Crippen LogP contribution in [-0.2, 0) is 16.0 Å². The summed E-state index contributed by atoms with van der Waals surface area (Å²) in [5, 5.41) is 6.48. The van der Waals surface area contributed by atoms with E-state index in [1.54, 1.807) is 23.5 Å². The first-order valence-corrected chi connectivity index (χ1v) is 10.8. The van der Waals surface area contributed by atoms with E-state index >= 15 is 0 Å². The highest BCUT2D eigenvalue weighted by Crippen LogP contribution is 2.25. The molecule has 162 valence electrons. The summed E-state index contributed by atoms with van der Waals surface area (Å²) in [7, 11) is 1.57. The van der Waals surface area contributed by atoms with Gasteiger partial charge < -0.3 is 20.3 Å². The van der Waals surface area contributed by atoms with Gasteiger partial charge in [0.15, 0.2) is 0 Å². The number of fused-ring (bicyclic) bond motifs is 1. The van der Waals surface area contributed by atoms with Gasteiger partial charge in [0, 0.05) is 37.4 Å². The molecule has 1 fully saturated rings. The van der Waals surface area contributed by atoms with Crippen molar-refractivity contribution >= 4 is 56.6 Å². The third-order valence-electron chi connectivity index (χ3n) is 5.10. The Morgan fingerprint density at radius 2 is 2.19 bits per heavy atom. The third-order valence-corrected chi connectivity index (χ3v) is 6.30. The Hall–Kier alpha value is -2.95. The lowest BCUT2D eigenvalue weighted by molar-refractivity contribution is -0.148. The molecule has 0 radical (unpaired) electrons. The van der Waals surface area contributed by atoms with Gasteiger partial charge in [0.05, 0.1) is 15.5 Å². The first-order valence-electron chi connectivity index (χ1n) is 9.56. The molecule has 9 nitrogen and oxygen atoms in total. The minimum absolute atomic E-state index is 0.0215. The minimum Gasteiger partial charge on any atom is -0.383 e. The van der Waals surface area contributed by atoms with Crippen LogP contribution in [0.25, 0.3) is 10.9 Å². The second kappa shape index (κ2) is 9.04. The number of nitrogens with zero attached hydrogens (tertiary/aromatic N) is 4. The number of nitrogen functional groups attached to an aromatic ring is 1. The molecule has 0 bridgehead atoms. The number of hydrogen-bond acceptors (Lipinski definition) is 7. The standard InChI is InChI=1S/C20H21ClN6O3S/c1-30-18(7-12-2-3-14-15(6-12)23-11-24-19(14)22)27-5-4-26(9-17(27)28)20(29)25-16-8-13(21)10-31-16/h2-3,6,8,10-11,18H,4-5,7,9H2,1H3,(H,25,29)(H2,22,23,24). The number of hydrogen-bond donors (Lipinski definition) is 2. The van der Waals surface area contributed by atoms with Crippen LogP contribution in [0.3, 0.4) is 0 Å². The van der Waals surface area contributed by atoms with E-state index in [2.05, 4.69) is 15.3 Å². The number of halogens is 1. The second-order valence-electron chi connectivity index (χ2n) is 7.07. The van der Waals surface area contributed by atoms with E-state index in [9.17, 15) is 9.59 Å². The van der Waals surface area contributed by atoms with Crippen LogP contribution in [0.1, 0.15) is 5.56 Å². The Morgan fingerprint density at radius 1 is 1.35 bits per heavy atom. The molecule has 1 unspecified atom stereocenters. The molecule has 0 aliphatic carbocycles. The van der Waals surface area contributed by atoms with Crippen molar-refractivity contribution < 1.29 is 14.3 Å². The summed E-state index contributed by atoms with van der Waals surface area (Å²) >= 11 is 7.22. The Bertz CT molecular complexity index is 1120. The lowest BCUT2D eigenvalue weighted by atomic mass is 10.1. The van der Waals surface area contributed by atoms with Crippen molar-refractivity contribution in [1.29, 1.82) is 0 Å². The molecule has 31 heavy (non-hydrogen) atoms. The summed E-state index contributed by atoms with van der Waals surface area (Å²) in [5.41, 5.74) is 7.58. The second-order valence-corrected chi connectivity index (χ2v) is 8.42. The molecule has 11 heteroatoms. The summed E-state index contributed by atoms with van der Waals surface area (Å²) in [6.07, 6.45) is 1.46. The van der Waals surface area contributed by atoms with Crippen molar-refractivity contribution in [2.24, 2.45) is 0 Å². The van der Waals surface area contributed by atoms with Crippen LogP contribution in [0.15, 0.2) is 36.0 Å². The number of piperazine rings is 1. The van der Waals surface area contributed by atoms with Gasteiger partial charge in [0.25, 0.3) is 0 Å². The molecule has 1 saturated heterocycles. The molecule has 3 aromatic rings. The first-order chi connectivity index (χ1) is 14.9. The number of nitrogens with two attached hydrogens (primary N) is 1. The number of benzene rings is 1. The summed E-state index contributed by atoms with van der Waals surface area (Å²) in [6.45, 7) is 0.753. The molecule has 1 aliphatic heterocycles. The molecule has 1 aromatic carbocycles. The van der Waals surface area contributed by atoms with E-state index in [0.717, 1.165) is 16.5 Å². The van der Waals surface area contributed by atoms with Crippen LogP contribution in [0.2, 0.25) is 5.02 Å². The maximum Gasteiger partial charge on any atom is 0.322 e. The van der Waals surface area contributed by atoms with Gasteiger partial charge in [-0.3, -0.25) is 10.1 Å². The number of methoxy groups -OCH3 is 1. The fraction of sp³-hybridized carbons (Fsp3) is 0.300. The van der Waals surface area contributed by atoms with E-state index in [1.165, 1.54) is 22.6 Å². The summed E-state index contributed by atoms with van der Waals surface area (Å²) in [6, 6.07) is 7.06. The number of nitrogens with one attached hydrogen (secondary N) is 1. The van der Waals surface area contributed by atoms with Gasteiger partial charge in [-0.25, -0.2) is 14.8 Å². The van der Waals surface area contributed by atoms with Gasteiger partial charge in [0.1, 0.15) is 24.9 Å². The lowest BCUT2D eigenvalue weighted by Crippen LogP contribution is -2.57. The summed E-state index contributed by atoms with van der Waals surface area (Å²) in [4.78, 5) is 36.6. The number of anilines is 2. The predicted octanol–water partition coefficient (Wildman–Crippen LogP) is 2.82. The maximum absolute atomic E-state index is 12.8. The molecule has 3 amide bonds. The molecular formula is C20H21ClN6O3S. The average molecular weight is 461 g/mol. The normalized spacial score (nSPS) is 15.4. The predicted molar refractivity (Wildman–Crippen MR) is 120 cm³/mol. The van der Waals surface area contributed by atoms with Crippen molar-refractivity contribution in [3.8, 4) is 0 Å². The SMILES string of the molecule is COC(Cc1ccc2c(N)ncnc2c1)N1CCN(C(=O)Nc2cc(Cl)cs2)CC1=O. The maximum atomic E-state index is 12.8. The fourth-order valence-electron chi connectivity index (χ4n) is 3.50. The number of ether oxygens (including phenoxy) is 1. The van der Waals surface area contributed by atoms with Gasteiger partial charge in [0.2, 0.25) is 5.91 Å². The zero-order chi connectivity index (χ0) is 22.0. The highest BCUT2D eigenvalue weighted by Gasteiger charge is 2.32. The molecule has 3 heterocycles. The average Bonchev–Trinajstić information content (AvgIpc) is 3.16. The number of rotatable bonds is 5. The van der Waals surface area contributed by atoms with E-state index in [1.807, 2.05) is 18.2 Å². The number of thiophene rings is 1. The molecule has 0 saturated carbocycles. The van der Waals surface area contributed by atoms with Gasteiger partial charge >= 0.3 is 6.03 Å². The minimum atomic E-state index is -0.453. The quantitative estimate of drug-likeness (QED) is 0.605. The smallest absolute Gasteiger partial charge is 0.322 e. The number of urea groups is 1. The van der Waals surface area contributed by atoms with Crippen LogP contribution in [-0.4, -0.2) is 64.7 Å². The number of carbonyl (C=O) groups excluding carboxylic acids is 2. The lowest BCUT2D eigenvalue weighted by Gasteiger charge is -2.38. The fourth-order valence-corrected chi connectivity index (χ4v) is 4.46. The number of aromatic nitrogens is 2. The van der Waals surface area contributed by atoms with E-state index < -0.39 is 6.23 Å². The molecule has 1 aliphatic rings. The highest BCUT2D eigenvalue weighted by atomic mass is 35.5. The molecule has 3 N–H and O–H groups in total. The van der Waals surface area contributed by atoms with E-state index in [4.69, 9.17) is 22.1 Å². The Balaban J connectivity index is 1.40. The zero-order valence-corrected chi connectivity index (χ0v) is 18.3. The largest absolute Gasteiger partial charge is 0.383 e. The monoisotopic (exact) mass is 460 g/mol. The molecule has 0 spiro atoms. The number of amides is 3. The van der Waals surface area contributed by atoms with Crippen LogP contribution < -0.4 is 11.1 Å². The van der Waals surface area contributed by atoms with Crippen molar-refractivity contribution in [3.05, 3.63) is 46.6 Å². The van der Waals surface area contributed by atoms with Crippen LogP contribution in [0.5, 0.6) is 0 Å². The molecular weight excluding hydrogens is 440 g/mol. The van der Waals surface area contributed by atoms with Crippen molar-refractivity contribution in [1.82, 2.24) is 19.8 Å². The highest BCUT2D eigenvalue weighted by molar-refractivity contribution is 7.14. The molecule has 4 rings (SSSR count). The number of carbonyl (C=O) groups is 2. The summed E-state index contributed by atoms with van der Waals surface area (Å²) in [5.74, 6) is 0.249. The van der Waals surface area contributed by atoms with Crippen molar-refractivity contribution in [2.75, 3.05) is 37.8 Å². The van der Waals surface area contributed by atoms with Crippen LogP contribution in [0, 0.1) is 0 Å². The topological polar surface area (TPSA) is 114 Å². The Morgan fingerprint density at radius 3 is 2.90 bits per heavy atom. The Labute approximate surface area is 187 Å². The summed E-state index contributed by atoms with van der Waals surface area (Å²) < 4.78 is 5.61.